The lowest BCUT2D eigenvalue weighted by Gasteiger charge is -2.27. The number of aromatic amines is 1. The summed E-state index contributed by atoms with van der Waals surface area (Å²) < 4.78 is 0. The molecule has 28 heavy (non-hydrogen) atoms. The molecule has 1 unspecified atom stereocenters. The van der Waals surface area contributed by atoms with E-state index in [-0.39, 0.29) is 23.8 Å². The maximum Gasteiger partial charge on any atom is 0.244 e. The van der Waals surface area contributed by atoms with Crippen molar-refractivity contribution < 1.29 is 14.8 Å². The summed E-state index contributed by atoms with van der Waals surface area (Å²) in [4.78, 5) is 35.3. The van der Waals surface area contributed by atoms with Crippen molar-refractivity contribution in [2.24, 2.45) is 11.3 Å². The minimum Gasteiger partial charge on any atom is -0.340 e. The van der Waals surface area contributed by atoms with Crippen molar-refractivity contribution in [3.05, 3.63) is 30.1 Å². The first kappa shape index (κ1) is 18.9. The van der Waals surface area contributed by atoms with Crippen LogP contribution in [0, 0.1) is 11.3 Å². The molecule has 1 aliphatic carbocycles. The molecule has 2 heterocycles. The van der Waals surface area contributed by atoms with Crippen molar-refractivity contribution in [2.45, 2.75) is 57.9 Å². The summed E-state index contributed by atoms with van der Waals surface area (Å²) in [5.41, 5.74) is 3.78. The van der Waals surface area contributed by atoms with E-state index in [0.29, 0.717) is 6.42 Å². The van der Waals surface area contributed by atoms with Gasteiger partial charge >= 0.3 is 0 Å². The van der Waals surface area contributed by atoms with Crippen molar-refractivity contribution in [1.82, 2.24) is 20.3 Å². The van der Waals surface area contributed by atoms with Gasteiger partial charge in [0.2, 0.25) is 11.8 Å². The molecule has 1 saturated heterocycles. The molecule has 2 amide bonds. The number of fused-ring (bicyclic) bond motifs is 1. The Labute approximate surface area is 164 Å². The molecule has 2 atom stereocenters. The van der Waals surface area contributed by atoms with Gasteiger partial charge in [-0.1, -0.05) is 31.9 Å². The van der Waals surface area contributed by atoms with E-state index >= 15 is 0 Å². The Bertz CT molecular complexity index is 840. The highest BCUT2D eigenvalue weighted by atomic mass is 16.5. The van der Waals surface area contributed by atoms with Crippen molar-refractivity contribution >= 4 is 22.8 Å². The molecule has 0 bridgehead atoms. The van der Waals surface area contributed by atoms with E-state index in [2.05, 4.69) is 11.9 Å². The smallest absolute Gasteiger partial charge is 0.244 e. The summed E-state index contributed by atoms with van der Waals surface area (Å²) in [5.74, 6) is -0.0755. The van der Waals surface area contributed by atoms with E-state index in [0.717, 1.165) is 55.5 Å². The zero-order valence-corrected chi connectivity index (χ0v) is 16.3. The molecule has 1 saturated carbocycles. The standard InChI is InChI=1S/C21H28N4O3/c1-2-3-6-14(11-18(26)24-28)20(27)25-13-21(9-10-21)12-17(25)19-22-15-7-4-5-8-16(15)23-19/h4-5,7-8,14,17,28H,2-3,6,9-13H2,1H3,(H,22,23)(H,24,26)/t14?,17-/m1/s1. The van der Waals surface area contributed by atoms with Gasteiger partial charge in [0.05, 0.1) is 17.1 Å². The van der Waals surface area contributed by atoms with Gasteiger partial charge in [-0.3, -0.25) is 14.8 Å². The van der Waals surface area contributed by atoms with Gasteiger partial charge < -0.3 is 9.88 Å². The van der Waals surface area contributed by atoms with Crippen LogP contribution >= 0.6 is 0 Å². The fraction of sp³-hybridized carbons (Fsp3) is 0.571. The normalized spacial score (nSPS) is 21.2. The van der Waals surface area contributed by atoms with E-state index in [4.69, 9.17) is 10.2 Å². The Kier molecular flexibility index (Phi) is 5.10. The van der Waals surface area contributed by atoms with Crippen LogP contribution in [0.15, 0.2) is 24.3 Å². The molecule has 150 valence electrons. The first-order valence-corrected chi connectivity index (χ1v) is 10.2. The predicted octanol–water partition coefficient (Wildman–Crippen LogP) is 3.32. The number of nitrogens with zero attached hydrogens (tertiary/aromatic N) is 2. The predicted molar refractivity (Wildman–Crippen MR) is 104 cm³/mol. The second kappa shape index (κ2) is 7.54. The summed E-state index contributed by atoms with van der Waals surface area (Å²) in [6.07, 6.45) is 5.72. The van der Waals surface area contributed by atoms with Crippen LogP contribution in [0.25, 0.3) is 11.0 Å². The lowest BCUT2D eigenvalue weighted by molar-refractivity contribution is -0.141. The number of aromatic nitrogens is 2. The third kappa shape index (κ3) is 3.63. The SMILES string of the molecule is CCCCC(CC(=O)NO)C(=O)N1CC2(CC2)C[C@@H]1c1nc2ccccc2[nH]1. The lowest BCUT2D eigenvalue weighted by atomic mass is 9.96. The van der Waals surface area contributed by atoms with Crippen LogP contribution in [-0.2, 0) is 9.59 Å². The number of benzene rings is 1. The minimum absolute atomic E-state index is 0.00582. The molecule has 1 aromatic carbocycles. The number of para-hydroxylation sites is 2. The number of H-pyrrole nitrogens is 1. The number of likely N-dealkylation sites (tertiary alicyclic amines) is 1. The number of hydrogen-bond donors (Lipinski definition) is 3. The van der Waals surface area contributed by atoms with Crippen molar-refractivity contribution in [1.29, 1.82) is 0 Å². The molecule has 1 aliphatic heterocycles. The first-order chi connectivity index (χ1) is 13.5. The summed E-state index contributed by atoms with van der Waals surface area (Å²) in [6.45, 7) is 2.80. The van der Waals surface area contributed by atoms with Gasteiger partial charge in [-0.05, 0) is 43.2 Å². The van der Waals surface area contributed by atoms with Crippen LogP contribution in [0.5, 0.6) is 0 Å². The maximum atomic E-state index is 13.4. The van der Waals surface area contributed by atoms with E-state index in [9.17, 15) is 9.59 Å². The van der Waals surface area contributed by atoms with Crippen molar-refractivity contribution in [3.8, 4) is 0 Å². The number of carbonyl (C=O) groups excluding carboxylic acids is 2. The molecule has 2 aliphatic rings. The number of amides is 2. The zero-order valence-electron chi connectivity index (χ0n) is 16.3. The number of hydrogen-bond acceptors (Lipinski definition) is 4. The van der Waals surface area contributed by atoms with Gasteiger partial charge in [-0.15, -0.1) is 0 Å². The monoisotopic (exact) mass is 384 g/mol. The largest absolute Gasteiger partial charge is 0.340 e. The third-order valence-electron chi connectivity index (χ3n) is 6.28. The molecule has 1 aromatic heterocycles. The van der Waals surface area contributed by atoms with Crippen molar-refractivity contribution in [3.63, 3.8) is 0 Å². The highest BCUT2D eigenvalue weighted by Crippen LogP contribution is 2.58. The number of nitrogens with one attached hydrogen (secondary N) is 2. The molecule has 0 radical (unpaired) electrons. The highest BCUT2D eigenvalue weighted by Gasteiger charge is 2.54. The number of unbranched alkanes of at least 4 members (excludes halogenated alkanes) is 1. The number of hydroxylamine groups is 1. The first-order valence-electron chi connectivity index (χ1n) is 10.2. The zero-order chi connectivity index (χ0) is 19.7. The topological polar surface area (TPSA) is 98.3 Å². The maximum absolute atomic E-state index is 13.4. The number of imidazole rings is 1. The van der Waals surface area contributed by atoms with Gasteiger partial charge in [0, 0.05) is 18.9 Å². The Morgan fingerprint density at radius 2 is 2.18 bits per heavy atom. The minimum atomic E-state index is -0.505. The number of rotatable bonds is 7. The Morgan fingerprint density at radius 3 is 2.86 bits per heavy atom. The Hall–Kier alpha value is -2.41. The van der Waals surface area contributed by atoms with Gasteiger partial charge in [0.15, 0.2) is 0 Å². The molecule has 7 heteroatoms. The number of carbonyl (C=O) groups is 2. The van der Waals surface area contributed by atoms with Crippen LogP contribution in [0.3, 0.4) is 0 Å². The average molecular weight is 384 g/mol. The molecule has 4 rings (SSSR count). The second-order valence-corrected chi connectivity index (χ2v) is 8.40. The van der Waals surface area contributed by atoms with Crippen LogP contribution in [0.4, 0.5) is 0 Å². The van der Waals surface area contributed by atoms with Gasteiger partial charge in [0.1, 0.15) is 5.82 Å². The molecular weight excluding hydrogens is 356 g/mol. The van der Waals surface area contributed by atoms with E-state index in [1.54, 1.807) is 5.48 Å². The highest BCUT2D eigenvalue weighted by molar-refractivity contribution is 5.86. The quantitative estimate of drug-likeness (QED) is 0.504. The van der Waals surface area contributed by atoms with Gasteiger partial charge in [-0.2, -0.15) is 0 Å². The fourth-order valence-electron chi connectivity index (χ4n) is 4.47. The van der Waals surface area contributed by atoms with E-state index in [1.807, 2.05) is 29.2 Å². The molecule has 1 spiro atoms. The Balaban J connectivity index is 1.60. The van der Waals surface area contributed by atoms with Crippen LogP contribution < -0.4 is 5.48 Å². The van der Waals surface area contributed by atoms with Crippen LogP contribution in [-0.4, -0.2) is 38.4 Å². The molecule has 2 aromatic rings. The van der Waals surface area contributed by atoms with E-state index in [1.165, 1.54) is 0 Å². The molecule has 7 nitrogen and oxygen atoms in total. The van der Waals surface area contributed by atoms with Crippen LogP contribution in [0.1, 0.15) is 63.7 Å². The average Bonchev–Trinajstić information content (AvgIpc) is 3.15. The fourth-order valence-corrected chi connectivity index (χ4v) is 4.47. The lowest BCUT2D eigenvalue weighted by Crippen LogP contribution is -2.38. The summed E-state index contributed by atoms with van der Waals surface area (Å²) >= 11 is 0. The van der Waals surface area contributed by atoms with Gasteiger partial charge in [-0.25, -0.2) is 10.5 Å². The molecular formula is C21H28N4O3. The van der Waals surface area contributed by atoms with Gasteiger partial charge in [0.25, 0.3) is 0 Å². The summed E-state index contributed by atoms with van der Waals surface area (Å²) in [7, 11) is 0. The summed E-state index contributed by atoms with van der Waals surface area (Å²) in [6, 6.07) is 7.82. The second-order valence-electron chi connectivity index (χ2n) is 8.40. The summed E-state index contributed by atoms with van der Waals surface area (Å²) in [5, 5.41) is 8.92. The Morgan fingerprint density at radius 1 is 1.39 bits per heavy atom. The third-order valence-corrected chi connectivity index (χ3v) is 6.28. The molecule has 2 fully saturated rings. The van der Waals surface area contributed by atoms with Crippen LogP contribution in [0.2, 0.25) is 0 Å². The molecule has 3 N–H and O–H groups in total. The van der Waals surface area contributed by atoms with E-state index < -0.39 is 11.8 Å². The van der Waals surface area contributed by atoms with Crippen molar-refractivity contribution in [2.75, 3.05) is 6.54 Å².